The van der Waals surface area contributed by atoms with Gasteiger partial charge in [-0.3, -0.25) is 9.69 Å². The lowest BCUT2D eigenvalue weighted by Crippen LogP contribution is -2.32. The largest absolute Gasteiger partial charge is 0.325 e. The molecule has 0 atom stereocenters. The first kappa shape index (κ1) is 8.50. The van der Waals surface area contributed by atoms with Crippen LogP contribution in [-0.2, 0) is 4.79 Å². The first-order valence-electron chi connectivity index (χ1n) is 2.43. The van der Waals surface area contributed by atoms with E-state index >= 15 is 0 Å². The van der Waals surface area contributed by atoms with Crippen LogP contribution in [0.5, 0.6) is 0 Å². The van der Waals surface area contributed by atoms with Crippen LogP contribution in [0.2, 0.25) is 0 Å². The molecule has 0 aromatic rings. The van der Waals surface area contributed by atoms with Gasteiger partial charge in [0, 0.05) is 7.05 Å². The number of hydrogen-bond acceptors (Lipinski definition) is 2. The first-order valence-corrected chi connectivity index (χ1v) is 4.59. The minimum atomic E-state index is -0.776. The van der Waals surface area contributed by atoms with E-state index in [0.717, 1.165) is 4.90 Å². The molecule has 1 heterocycles. The molecule has 56 valence electrons. The Balaban J connectivity index is 2.92. The molecule has 1 rings (SSSR count). The molecule has 0 aliphatic carbocycles. The van der Waals surface area contributed by atoms with Crippen molar-refractivity contribution in [2.75, 3.05) is 7.05 Å². The van der Waals surface area contributed by atoms with E-state index in [1.165, 1.54) is 7.05 Å². The summed E-state index contributed by atoms with van der Waals surface area (Å²) in [5, 5.41) is 2.50. The third kappa shape index (κ3) is 1.22. The van der Waals surface area contributed by atoms with Crippen molar-refractivity contribution < 1.29 is 9.59 Å². The summed E-state index contributed by atoms with van der Waals surface area (Å²) in [6.45, 7) is 0. The lowest BCUT2D eigenvalue weighted by atomic mass is 10.6. The normalized spacial score (nSPS) is 23.3. The van der Waals surface area contributed by atoms with Gasteiger partial charge >= 0.3 is 6.03 Å². The molecule has 0 aromatic heterocycles. The van der Waals surface area contributed by atoms with Gasteiger partial charge in [0.2, 0.25) is 1.55 Å². The molecule has 0 saturated carbocycles. The highest BCUT2D eigenvalue weighted by atomic mass is 127. The summed E-state index contributed by atoms with van der Waals surface area (Å²) in [4.78, 5) is 22.9. The van der Waals surface area contributed by atoms with Crippen molar-refractivity contribution in [3.05, 3.63) is 0 Å². The Labute approximate surface area is 85.0 Å². The number of rotatable bonds is 0. The van der Waals surface area contributed by atoms with Gasteiger partial charge in [-0.05, 0) is 45.2 Å². The van der Waals surface area contributed by atoms with Crippen molar-refractivity contribution in [2.45, 2.75) is 1.55 Å². The zero-order chi connectivity index (χ0) is 7.94. The number of nitrogens with zero attached hydrogens (tertiary/aromatic N) is 1. The fraction of sp³-hybridized carbons (Fsp3) is 0.500. The number of carbonyl (C=O) groups excluding carboxylic acids is 2. The minimum Gasteiger partial charge on any atom is -0.307 e. The molecule has 1 aliphatic rings. The lowest BCUT2D eigenvalue weighted by Gasteiger charge is -2.07. The highest BCUT2D eigenvalue weighted by molar-refractivity contribution is 14.2. The molecular formula is C4H4I2N2O2. The summed E-state index contributed by atoms with van der Waals surface area (Å²) in [5.41, 5.74) is 0. The molecule has 0 bridgehead atoms. The molecule has 4 nitrogen and oxygen atoms in total. The topological polar surface area (TPSA) is 49.4 Å². The van der Waals surface area contributed by atoms with E-state index in [0.29, 0.717) is 0 Å². The van der Waals surface area contributed by atoms with E-state index in [4.69, 9.17) is 0 Å². The second-order valence-electron chi connectivity index (χ2n) is 1.87. The number of carbonyl (C=O) groups is 2. The third-order valence-corrected chi connectivity index (χ3v) is 2.60. The Bertz CT molecular complexity index is 203. The molecule has 0 unspecified atom stereocenters. The predicted octanol–water partition coefficient (Wildman–Crippen LogP) is 0.692. The predicted molar refractivity (Wildman–Crippen MR) is 52.1 cm³/mol. The number of imide groups is 1. The molecule has 3 amide bonds. The van der Waals surface area contributed by atoms with E-state index in [-0.39, 0.29) is 11.9 Å². The van der Waals surface area contributed by atoms with Crippen LogP contribution in [0.15, 0.2) is 0 Å². The van der Waals surface area contributed by atoms with Crippen LogP contribution in [0.25, 0.3) is 0 Å². The monoisotopic (exact) mass is 366 g/mol. The van der Waals surface area contributed by atoms with Crippen molar-refractivity contribution in [1.29, 1.82) is 0 Å². The second kappa shape index (κ2) is 2.47. The average Bonchev–Trinajstić information content (AvgIpc) is 1.95. The Morgan fingerprint density at radius 1 is 1.50 bits per heavy atom. The second-order valence-corrected chi connectivity index (χ2v) is 7.17. The van der Waals surface area contributed by atoms with Crippen molar-refractivity contribution in [2.24, 2.45) is 0 Å². The first-order chi connectivity index (χ1) is 4.45. The van der Waals surface area contributed by atoms with E-state index < -0.39 is 1.55 Å². The molecule has 1 N–H and O–H groups in total. The summed E-state index contributed by atoms with van der Waals surface area (Å²) in [6.07, 6.45) is 0. The van der Waals surface area contributed by atoms with Crippen LogP contribution in [0.1, 0.15) is 0 Å². The van der Waals surface area contributed by atoms with Gasteiger partial charge in [-0.25, -0.2) is 4.79 Å². The zero-order valence-corrected chi connectivity index (χ0v) is 9.33. The number of amides is 3. The van der Waals surface area contributed by atoms with Gasteiger partial charge in [0.05, 0.1) is 0 Å². The van der Waals surface area contributed by atoms with Gasteiger partial charge in [-0.15, -0.1) is 0 Å². The van der Waals surface area contributed by atoms with Crippen LogP contribution in [0.3, 0.4) is 0 Å². The van der Waals surface area contributed by atoms with Gasteiger partial charge < -0.3 is 5.32 Å². The summed E-state index contributed by atoms with van der Waals surface area (Å²) in [5.74, 6) is -0.210. The maximum absolute atomic E-state index is 11.1. The van der Waals surface area contributed by atoms with Gasteiger partial charge in [0.25, 0.3) is 5.91 Å². The van der Waals surface area contributed by atoms with E-state index in [1.54, 1.807) is 0 Å². The highest BCUT2D eigenvalue weighted by Gasteiger charge is 2.45. The summed E-state index contributed by atoms with van der Waals surface area (Å²) in [7, 11) is 1.46. The maximum atomic E-state index is 11.1. The number of nitrogens with one attached hydrogen (secondary N) is 1. The number of likely N-dealkylation sites (N-methyl/N-ethyl adjacent to an activating group) is 1. The fourth-order valence-electron chi connectivity index (χ4n) is 0.574. The summed E-state index contributed by atoms with van der Waals surface area (Å²) in [6, 6.07) is -0.339. The quantitative estimate of drug-likeness (QED) is 0.297. The Kier molecular flexibility index (Phi) is 2.10. The lowest BCUT2D eigenvalue weighted by molar-refractivity contribution is -0.124. The van der Waals surface area contributed by atoms with Crippen LogP contribution in [0.4, 0.5) is 4.79 Å². The van der Waals surface area contributed by atoms with Gasteiger partial charge in [0.15, 0.2) is 0 Å². The van der Waals surface area contributed by atoms with Crippen molar-refractivity contribution in [3.8, 4) is 0 Å². The van der Waals surface area contributed by atoms with Crippen LogP contribution >= 0.6 is 45.2 Å². The Morgan fingerprint density at radius 2 is 2.00 bits per heavy atom. The highest BCUT2D eigenvalue weighted by Crippen LogP contribution is 2.30. The van der Waals surface area contributed by atoms with E-state index in [1.807, 2.05) is 45.2 Å². The third-order valence-electron chi connectivity index (χ3n) is 1.14. The average molecular weight is 366 g/mol. The molecule has 6 heteroatoms. The van der Waals surface area contributed by atoms with E-state index in [2.05, 4.69) is 5.32 Å². The van der Waals surface area contributed by atoms with Crippen molar-refractivity contribution in [3.63, 3.8) is 0 Å². The molecule has 0 aromatic carbocycles. The maximum Gasteiger partial charge on any atom is 0.325 e. The molecule has 1 saturated heterocycles. The Morgan fingerprint density at radius 3 is 2.10 bits per heavy atom. The number of alkyl halides is 2. The molecule has 0 spiro atoms. The van der Waals surface area contributed by atoms with E-state index in [9.17, 15) is 9.59 Å². The Hall–Kier alpha value is 0.400. The number of halogens is 2. The van der Waals surface area contributed by atoms with Gasteiger partial charge in [-0.2, -0.15) is 0 Å². The van der Waals surface area contributed by atoms with Gasteiger partial charge in [-0.1, -0.05) is 0 Å². The van der Waals surface area contributed by atoms with Crippen molar-refractivity contribution >= 4 is 57.1 Å². The van der Waals surface area contributed by atoms with Crippen LogP contribution < -0.4 is 5.32 Å². The molecule has 1 fully saturated rings. The molecule has 1 aliphatic heterocycles. The van der Waals surface area contributed by atoms with Crippen LogP contribution in [-0.4, -0.2) is 25.4 Å². The molecule has 10 heavy (non-hydrogen) atoms. The fourth-order valence-corrected chi connectivity index (χ4v) is 1.76. The zero-order valence-electron chi connectivity index (χ0n) is 5.02. The summed E-state index contributed by atoms with van der Waals surface area (Å²) >= 11 is 3.77. The summed E-state index contributed by atoms with van der Waals surface area (Å²) < 4.78 is -0.776. The SMILES string of the molecule is CN1C(=O)NC(I)(I)C1=O. The van der Waals surface area contributed by atoms with Crippen molar-refractivity contribution in [1.82, 2.24) is 10.2 Å². The smallest absolute Gasteiger partial charge is 0.307 e. The molecular weight excluding hydrogens is 362 g/mol. The molecule has 0 radical (unpaired) electrons. The van der Waals surface area contributed by atoms with Crippen LogP contribution in [0, 0.1) is 0 Å². The number of hydrogen-bond donors (Lipinski definition) is 1. The number of urea groups is 1. The standard InChI is InChI=1S/C4H4I2N2O2/c1-8-2(9)4(5,6)7-3(8)10/h1H3,(H,7,10). The van der Waals surface area contributed by atoms with Gasteiger partial charge in [0.1, 0.15) is 0 Å². The minimum absolute atomic E-state index is 0.210.